The van der Waals surface area contributed by atoms with Gasteiger partial charge in [0.05, 0.1) is 0 Å². The Morgan fingerprint density at radius 3 is 2.67 bits per heavy atom. The van der Waals surface area contributed by atoms with Gasteiger partial charge in [0.25, 0.3) is 5.91 Å². The zero-order valence-corrected chi connectivity index (χ0v) is 14.0. The predicted octanol–water partition coefficient (Wildman–Crippen LogP) is 3.13. The lowest BCUT2D eigenvalue weighted by molar-refractivity contribution is -0.127. The van der Waals surface area contributed by atoms with Crippen LogP contribution < -0.4 is 15.4 Å². The van der Waals surface area contributed by atoms with E-state index in [-0.39, 0.29) is 11.9 Å². The van der Waals surface area contributed by atoms with Gasteiger partial charge in [0.15, 0.2) is 6.10 Å². The molecule has 0 bridgehead atoms. The van der Waals surface area contributed by atoms with Crippen molar-refractivity contribution in [2.24, 2.45) is 0 Å². The van der Waals surface area contributed by atoms with Gasteiger partial charge in [-0.15, -0.1) is 0 Å². The first-order valence-corrected chi connectivity index (χ1v) is 7.82. The van der Waals surface area contributed by atoms with Crippen LogP contribution in [0.5, 0.6) is 5.75 Å². The Hall–Kier alpha value is -1.26. The van der Waals surface area contributed by atoms with Gasteiger partial charge in [-0.25, -0.2) is 0 Å². The molecule has 0 heterocycles. The van der Waals surface area contributed by atoms with Crippen molar-refractivity contribution in [3.05, 3.63) is 28.8 Å². The molecule has 0 aliphatic carbocycles. The lowest BCUT2D eigenvalue weighted by Crippen LogP contribution is -2.41. The molecule has 1 rings (SSSR count). The average Bonchev–Trinajstić information content (AvgIpc) is 2.46. The normalized spacial score (nSPS) is 13.6. The van der Waals surface area contributed by atoms with Crippen LogP contribution in [-0.2, 0) is 11.3 Å². The van der Waals surface area contributed by atoms with Gasteiger partial charge in [-0.1, -0.05) is 31.5 Å². The molecular weight excluding hydrogens is 288 g/mol. The molecule has 0 saturated carbocycles. The summed E-state index contributed by atoms with van der Waals surface area (Å²) in [6, 6.07) is 5.63. The van der Waals surface area contributed by atoms with E-state index in [1.54, 1.807) is 6.92 Å². The second-order valence-electron chi connectivity index (χ2n) is 5.07. The zero-order chi connectivity index (χ0) is 15.8. The van der Waals surface area contributed by atoms with Crippen molar-refractivity contribution in [2.75, 3.05) is 6.54 Å². The van der Waals surface area contributed by atoms with Crippen molar-refractivity contribution in [3.8, 4) is 5.75 Å². The minimum absolute atomic E-state index is 0.112. The van der Waals surface area contributed by atoms with Crippen LogP contribution in [0.1, 0.15) is 39.7 Å². The molecule has 1 aromatic rings. The molecule has 0 saturated heterocycles. The fourth-order valence-electron chi connectivity index (χ4n) is 1.78. The number of hydrogen-bond donors (Lipinski definition) is 2. The molecule has 0 aromatic heterocycles. The summed E-state index contributed by atoms with van der Waals surface area (Å²) in [5, 5.41) is 6.78. The van der Waals surface area contributed by atoms with E-state index in [0.717, 1.165) is 18.5 Å². The number of benzene rings is 1. The summed E-state index contributed by atoms with van der Waals surface area (Å²) in [5.41, 5.74) is 0.879. The summed E-state index contributed by atoms with van der Waals surface area (Å²) in [4.78, 5) is 12.0. The Morgan fingerprint density at radius 1 is 1.33 bits per heavy atom. The summed E-state index contributed by atoms with van der Waals surface area (Å²) in [6.45, 7) is 9.23. The van der Waals surface area contributed by atoms with Crippen molar-refractivity contribution in [1.29, 1.82) is 0 Å². The van der Waals surface area contributed by atoms with Gasteiger partial charge in [0, 0.05) is 23.2 Å². The molecule has 0 fully saturated rings. The van der Waals surface area contributed by atoms with Gasteiger partial charge < -0.3 is 15.4 Å². The predicted molar refractivity (Wildman–Crippen MR) is 86.8 cm³/mol. The van der Waals surface area contributed by atoms with Gasteiger partial charge in [0.1, 0.15) is 5.75 Å². The summed E-state index contributed by atoms with van der Waals surface area (Å²) >= 11 is 6.21. The number of nitrogens with one attached hydrogen (secondary N) is 2. The first-order chi connectivity index (χ1) is 9.99. The molecule has 118 valence electrons. The van der Waals surface area contributed by atoms with E-state index in [4.69, 9.17) is 16.3 Å². The second kappa shape index (κ2) is 8.90. The van der Waals surface area contributed by atoms with Crippen LogP contribution in [0.15, 0.2) is 18.2 Å². The maximum atomic E-state index is 12.0. The molecule has 0 aliphatic rings. The molecule has 21 heavy (non-hydrogen) atoms. The quantitative estimate of drug-likeness (QED) is 0.775. The van der Waals surface area contributed by atoms with Crippen molar-refractivity contribution in [2.45, 2.75) is 52.8 Å². The number of halogens is 1. The third-order valence-corrected chi connectivity index (χ3v) is 3.66. The lowest BCUT2D eigenvalue weighted by Gasteiger charge is -2.20. The number of carbonyl (C=O) groups is 1. The summed E-state index contributed by atoms with van der Waals surface area (Å²) in [6.07, 6.45) is 0.333. The largest absolute Gasteiger partial charge is 0.481 e. The smallest absolute Gasteiger partial charge is 0.260 e. The molecule has 0 spiro atoms. The third-order valence-electron chi connectivity index (χ3n) is 3.30. The highest BCUT2D eigenvalue weighted by Crippen LogP contribution is 2.27. The number of ether oxygens (including phenoxy) is 1. The molecule has 2 N–H and O–H groups in total. The van der Waals surface area contributed by atoms with E-state index in [1.165, 1.54) is 0 Å². The molecule has 2 unspecified atom stereocenters. The van der Waals surface area contributed by atoms with Crippen molar-refractivity contribution >= 4 is 17.5 Å². The van der Waals surface area contributed by atoms with Crippen LogP contribution in [0.2, 0.25) is 5.02 Å². The van der Waals surface area contributed by atoms with E-state index in [1.807, 2.05) is 39.0 Å². The zero-order valence-electron chi connectivity index (χ0n) is 13.2. The minimum atomic E-state index is -0.558. The number of carbonyl (C=O) groups excluding carboxylic acids is 1. The van der Waals surface area contributed by atoms with Crippen LogP contribution in [0.25, 0.3) is 0 Å². The fraction of sp³-hybridized carbons (Fsp3) is 0.562. The SMILES string of the molecule is CCNCc1c(Cl)cccc1OC(C)C(=O)NC(C)CC. The molecule has 1 amide bonds. The van der Waals surface area contributed by atoms with E-state index in [2.05, 4.69) is 10.6 Å². The Balaban J connectivity index is 2.77. The van der Waals surface area contributed by atoms with Crippen molar-refractivity contribution in [3.63, 3.8) is 0 Å². The Labute approximate surface area is 132 Å². The molecule has 2 atom stereocenters. The highest BCUT2D eigenvalue weighted by molar-refractivity contribution is 6.31. The Bertz CT molecular complexity index is 466. The molecular formula is C16H25ClN2O2. The number of rotatable bonds is 8. The van der Waals surface area contributed by atoms with Crippen molar-refractivity contribution < 1.29 is 9.53 Å². The molecule has 0 radical (unpaired) electrons. The second-order valence-corrected chi connectivity index (χ2v) is 5.48. The van der Waals surface area contributed by atoms with Crippen LogP contribution >= 0.6 is 11.6 Å². The summed E-state index contributed by atoms with van der Waals surface area (Å²) < 4.78 is 5.79. The molecule has 1 aromatic carbocycles. The maximum Gasteiger partial charge on any atom is 0.260 e. The highest BCUT2D eigenvalue weighted by Gasteiger charge is 2.18. The first-order valence-electron chi connectivity index (χ1n) is 7.44. The monoisotopic (exact) mass is 312 g/mol. The Kier molecular flexibility index (Phi) is 7.54. The molecule has 0 aliphatic heterocycles. The van der Waals surface area contributed by atoms with E-state index >= 15 is 0 Å². The third kappa shape index (κ3) is 5.56. The molecule has 5 heteroatoms. The van der Waals surface area contributed by atoms with Crippen LogP contribution in [-0.4, -0.2) is 24.6 Å². The van der Waals surface area contributed by atoms with Crippen LogP contribution in [0, 0.1) is 0 Å². The van der Waals surface area contributed by atoms with Gasteiger partial charge in [-0.2, -0.15) is 0 Å². The fourth-order valence-corrected chi connectivity index (χ4v) is 2.01. The lowest BCUT2D eigenvalue weighted by atomic mass is 10.2. The number of hydrogen-bond acceptors (Lipinski definition) is 3. The Morgan fingerprint density at radius 2 is 2.05 bits per heavy atom. The average molecular weight is 313 g/mol. The van der Waals surface area contributed by atoms with E-state index in [0.29, 0.717) is 17.3 Å². The van der Waals surface area contributed by atoms with Crippen LogP contribution in [0.4, 0.5) is 0 Å². The van der Waals surface area contributed by atoms with Gasteiger partial charge in [-0.05, 0) is 38.9 Å². The topological polar surface area (TPSA) is 50.4 Å². The van der Waals surface area contributed by atoms with Gasteiger partial charge in [0.2, 0.25) is 0 Å². The first kappa shape index (κ1) is 17.8. The van der Waals surface area contributed by atoms with Gasteiger partial charge in [-0.3, -0.25) is 4.79 Å². The van der Waals surface area contributed by atoms with Crippen LogP contribution in [0.3, 0.4) is 0 Å². The summed E-state index contributed by atoms with van der Waals surface area (Å²) in [7, 11) is 0. The maximum absolute atomic E-state index is 12.0. The van der Waals surface area contributed by atoms with E-state index < -0.39 is 6.10 Å². The number of amides is 1. The minimum Gasteiger partial charge on any atom is -0.481 e. The summed E-state index contributed by atoms with van der Waals surface area (Å²) in [5.74, 6) is 0.536. The van der Waals surface area contributed by atoms with Crippen molar-refractivity contribution in [1.82, 2.24) is 10.6 Å². The standard InChI is InChI=1S/C16H25ClN2O2/c1-5-11(3)19-16(20)12(4)21-15-9-7-8-14(17)13(15)10-18-6-2/h7-9,11-12,18H,5-6,10H2,1-4H3,(H,19,20). The van der Waals surface area contributed by atoms with E-state index in [9.17, 15) is 4.79 Å². The van der Waals surface area contributed by atoms with Gasteiger partial charge >= 0.3 is 0 Å². The highest BCUT2D eigenvalue weighted by atomic mass is 35.5. The molecule has 4 nitrogen and oxygen atoms in total.